The van der Waals surface area contributed by atoms with Gasteiger partial charge in [-0.2, -0.15) is 24.4 Å². The summed E-state index contributed by atoms with van der Waals surface area (Å²) in [7, 11) is 0. The van der Waals surface area contributed by atoms with Crippen molar-refractivity contribution in [2.75, 3.05) is 44.1 Å². The molecule has 18 atom stereocenters. The molecule has 54 nitrogen and oxygen atoms in total. The standard InChI is InChI=1S/C85H119N21O33S2/c1-38(93-78(131)58(31-67(120)121)101-76(129)53(21-25-66(118)119)95-70(123)39(2)92-73(126)52(20-24-65(116)117)97-77(130)54(26-27-141-5)94-64(115)33-90-72(125)48(86)34-107)69(122)91-40(3)71(124)106-68(41(4)110)84(137)102-56(29-43-12-16-46(112)17-13-43)79(132)99-55(28-42-10-14-45(111)15-11-42)80(133)105-61(37-140)83(136)98-50(18-22-62(87)113)74(127)96-51(19-23-63(88)114)75(128)100-57(30-44-32-89-49-9-7-6-8-47(44)49)81(134)103-59(35-108)82(135)104-60(36-109)85(138)139/h6-17,32,38-41,48,50-61,68,89,107-112,140H,18-31,33-37,86H2,1-5H3,(H2,87,113)(H2,88,114)(H,90,125)(H,91,122)(H,92,126)(H,93,131)(H,94,115)(H,95,123)(H,96,127)(H,97,130)(H,98,136)(H,99,132)(H,100,128)(H,101,129)(H,102,137)(H,103,134)(H,104,135)(H,105,133)(H,106,124)(H,116,117)(H,118,119)(H,120,121)(H,138,139)/t38-,39-,40-,41+,48-,50-,51-,52-,53-,54-,55-,56-,57-,58-,59-,60-,61-,68-/m0/s1. The molecule has 0 aliphatic carbocycles. The van der Waals surface area contributed by atoms with Crippen LogP contribution >= 0.6 is 24.4 Å². The van der Waals surface area contributed by atoms with Crippen molar-refractivity contribution in [1.29, 1.82) is 0 Å². The Hall–Kier alpha value is -14.9. The second-order valence-corrected chi connectivity index (χ2v) is 33.5. The molecule has 774 valence electrons. The van der Waals surface area contributed by atoms with Gasteiger partial charge in [0.05, 0.1) is 38.9 Å². The number of carboxylic acids is 4. The maximum absolute atomic E-state index is 14.9. The zero-order valence-electron chi connectivity index (χ0n) is 76.8. The number of aromatic hydroxyl groups is 2. The van der Waals surface area contributed by atoms with Crippen LogP contribution in [0.4, 0.5) is 0 Å². The van der Waals surface area contributed by atoms with Gasteiger partial charge in [0.15, 0.2) is 0 Å². The lowest BCUT2D eigenvalue weighted by atomic mass is 10.0. The van der Waals surface area contributed by atoms with Crippen LogP contribution in [0, 0.1) is 0 Å². The Kier molecular flexibility index (Phi) is 49.9. The zero-order valence-corrected chi connectivity index (χ0v) is 78.5. The first-order valence-corrected chi connectivity index (χ1v) is 45.5. The smallest absolute Gasteiger partial charge is 0.328 e. The summed E-state index contributed by atoms with van der Waals surface area (Å²) in [5, 5.41) is 138. The number of amides is 19. The third-order valence-corrected chi connectivity index (χ3v) is 21.9. The third-order valence-electron chi connectivity index (χ3n) is 20.9. The molecule has 1 heterocycles. The number of aliphatic carboxylic acids is 4. The number of aromatic amines is 1. The molecule has 19 amide bonds. The van der Waals surface area contributed by atoms with E-state index in [0.29, 0.717) is 16.5 Å². The third kappa shape index (κ3) is 41.4. The molecular formula is C85H119N21O33S2. The molecule has 56 heteroatoms. The molecule has 0 saturated heterocycles. The van der Waals surface area contributed by atoms with E-state index >= 15 is 0 Å². The van der Waals surface area contributed by atoms with Gasteiger partial charge in [0.25, 0.3) is 0 Å². The Morgan fingerprint density at radius 1 is 0.376 bits per heavy atom. The second kappa shape index (κ2) is 59.4. The lowest BCUT2D eigenvalue weighted by molar-refractivity contribution is -0.144. The van der Waals surface area contributed by atoms with E-state index in [2.05, 4.69) is 103 Å². The van der Waals surface area contributed by atoms with Crippen molar-refractivity contribution in [1.82, 2.24) is 95.4 Å². The number of fused-ring (bicyclic) bond motifs is 1. The zero-order chi connectivity index (χ0) is 106. The first-order valence-electron chi connectivity index (χ1n) is 43.5. The number of nitrogens with one attached hydrogen (secondary N) is 18. The molecule has 0 bridgehead atoms. The van der Waals surface area contributed by atoms with Crippen molar-refractivity contribution in [3.8, 4) is 11.5 Å². The van der Waals surface area contributed by atoms with E-state index in [4.69, 9.17) is 22.3 Å². The molecule has 141 heavy (non-hydrogen) atoms. The number of rotatable bonds is 63. The molecule has 0 saturated carbocycles. The molecule has 3 aromatic carbocycles. The highest BCUT2D eigenvalue weighted by molar-refractivity contribution is 7.98. The highest BCUT2D eigenvalue weighted by Gasteiger charge is 2.40. The van der Waals surface area contributed by atoms with Crippen LogP contribution in [-0.4, -0.2) is 345 Å². The van der Waals surface area contributed by atoms with Gasteiger partial charge in [-0.15, -0.1) is 0 Å². The number of phenols is 2. The molecule has 4 aromatic rings. The van der Waals surface area contributed by atoms with Gasteiger partial charge in [-0.05, 0) is 119 Å². The molecule has 0 fully saturated rings. The number of aromatic nitrogens is 1. The number of carboxylic acid groups (broad SMARTS) is 4. The number of carbonyl (C=O) groups is 23. The number of phenolic OH excluding ortho intramolecular Hbond substituents is 2. The fraction of sp³-hybridized carbons (Fsp3) is 0.494. The molecule has 34 N–H and O–H groups in total. The molecule has 0 radical (unpaired) electrons. The van der Waals surface area contributed by atoms with Gasteiger partial charge < -0.3 is 164 Å². The molecule has 0 aliphatic heterocycles. The number of thioether (sulfide) groups is 1. The topological polar surface area (TPSA) is 893 Å². The molecule has 0 spiro atoms. The fourth-order valence-corrected chi connectivity index (χ4v) is 13.7. The molecule has 0 aliphatic rings. The van der Waals surface area contributed by atoms with Gasteiger partial charge in [0.1, 0.15) is 114 Å². The van der Waals surface area contributed by atoms with Crippen LogP contribution < -0.4 is 108 Å². The number of aliphatic hydroxyl groups is 4. The van der Waals surface area contributed by atoms with Crippen molar-refractivity contribution in [2.45, 2.75) is 220 Å². The summed E-state index contributed by atoms with van der Waals surface area (Å²) in [5.41, 5.74) is 17.8. The first-order chi connectivity index (χ1) is 66.4. The largest absolute Gasteiger partial charge is 0.508 e. The van der Waals surface area contributed by atoms with Gasteiger partial charge in [-0.25, -0.2) is 4.79 Å². The van der Waals surface area contributed by atoms with Gasteiger partial charge in [-0.3, -0.25) is 105 Å². The fourth-order valence-electron chi connectivity index (χ4n) is 13.0. The van der Waals surface area contributed by atoms with Gasteiger partial charge in [-0.1, -0.05) is 42.5 Å². The van der Waals surface area contributed by atoms with Crippen LogP contribution in [0.1, 0.15) is 109 Å². The van der Waals surface area contributed by atoms with E-state index in [-0.39, 0.29) is 34.8 Å². The van der Waals surface area contributed by atoms with Crippen LogP contribution in [-0.2, 0) is 130 Å². The SMILES string of the molecule is CSCC[C@H](NC(=O)CNC(=O)[C@@H](N)CO)C(=O)N[C@@H](CCC(=O)O)C(=O)N[C@@H](C)C(=O)N[C@@H](CCC(=O)O)C(=O)N[C@@H](CC(=O)O)C(=O)N[C@@H](C)C(=O)N[C@@H](C)C(=O)N[C@H](C(=O)N[C@@H](Cc1ccc(O)cc1)C(=O)N[C@@H](Cc1ccc(O)cc1)C(=O)N[C@@H](CS)C(=O)N[C@@H](CCC(N)=O)C(=O)N[C@@H](CCC(N)=O)C(=O)N[C@@H](Cc1c[nH]c2ccccc12)C(=O)N[C@@H](CO)C(=O)N[C@@H](CO)C(=O)O)[C@@H](C)O. The lowest BCUT2D eigenvalue weighted by Crippen LogP contribution is -2.62. The molecule has 0 unspecified atom stereocenters. The summed E-state index contributed by atoms with van der Waals surface area (Å²) in [6.07, 6.45) is -7.10. The monoisotopic (exact) mass is 2030 g/mol. The number of hydrogen-bond donors (Lipinski definition) is 32. The maximum Gasteiger partial charge on any atom is 0.328 e. The molecule has 1 aromatic heterocycles. The summed E-state index contributed by atoms with van der Waals surface area (Å²) in [6, 6.07) is -14.0. The average Bonchev–Trinajstić information content (AvgIpc) is 1.67. The highest BCUT2D eigenvalue weighted by atomic mass is 32.2. The highest BCUT2D eigenvalue weighted by Crippen LogP contribution is 2.22. The van der Waals surface area contributed by atoms with E-state index < -0.39 is 354 Å². The quantitative estimate of drug-likeness (QED) is 0.0183. The summed E-state index contributed by atoms with van der Waals surface area (Å²) in [4.78, 5) is 311. The number of thiol groups is 1. The number of carbonyl (C=O) groups excluding carboxylic acids is 19. The Bertz CT molecular complexity index is 5110. The minimum absolute atomic E-state index is 0.0774. The Labute approximate surface area is 812 Å². The van der Waals surface area contributed by atoms with E-state index in [9.17, 15) is 156 Å². The van der Waals surface area contributed by atoms with E-state index in [1.165, 1.54) is 66.5 Å². The number of para-hydroxylation sites is 1. The Morgan fingerprint density at radius 3 is 1.14 bits per heavy atom. The Morgan fingerprint density at radius 2 is 0.723 bits per heavy atom. The lowest BCUT2D eigenvalue weighted by Gasteiger charge is -2.28. The first kappa shape index (κ1) is 118. The van der Waals surface area contributed by atoms with E-state index in [0.717, 1.165) is 27.7 Å². The summed E-state index contributed by atoms with van der Waals surface area (Å²) >= 11 is 5.50. The van der Waals surface area contributed by atoms with Crippen molar-refractivity contribution >= 4 is 171 Å². The summed E-state index contributed by atoms with van der Waals surface area (Å²) < 4.78 is 0. The number of hydrogen-bond acceptors (Lipinski definition) is 32. The number of H-pyrrole nitrogens is 1. The van der Waals surface area contributed by atoms with Crippen LogP contribution in [0.2, 0.25) is 0 Å². The van der Waals surface area contributed by atoms with Crippen LogP contribution in [0.5, 0.6) is 11.5 Å². The van der Waals surface area contributed by atoms with Crippen molar-refractivity contribution in [3.05, 3.63) is 95.7 Å². The normalized spacial score (nSPS) is 14.9. The van der Waals surface area contributed by atoms with Gasteiger partial charge >= 0.3 is 23.9 Å². The number of benzene rings is 3. The molecular weight excluding hydrogens is 1910 g/mol. The van der Waals surface area contributed by atoms with Crippen molar-refractivity contribution < 1.29 is 161 Å². The minimum Gasteiger partial charge on any atom is -0.508 e. The number of primary amides is 2. The number of aliphatic hydroxyl groups excluding tert-OH is 4. The summed E-state index contributed by atoms with van der Waals surface area (Å²) in [5.74, 6) is -30.0. The van der Waals surface area contributed by atoms with Crippen LogP contribution in [0.3, 0.4) is 0 Å². The van der Waals surface area contributed by atoms with Gasteiger partial charge in [0.2, 0.25) is 112 Å². The number of nitrogens with two attached hydrogens (primary N) is 3. The predicted molar refractivity (Wildman–Crippen MR) is 495 cm³/mol. The van der Waals surface area contributed by atoms with Crippen molar-refractivity contribution in [3.63, 3.8) is 0 Å². The van der Waals surface area contributed by atoms with Crippen LogP contribution in [0.25, 0.3) is 10.9 Å². The predicted octanol–water partition coefficient (Wildman–Crippen LogP) is -11.3. The maximum atomic E-state index is 14.9. The second-order valence-electron chi connectivity index (χ2n) is 32.2. The average molecular weight is 2030 g/mol. The van der Waals surface area contributed by atoms with Gasteiger partial charge in [0, 0.05) is 67.8 Å². The van der Waals surface area contributed by atoms with E-state index in [1.54, 1.807) is 30.5 Å². The Balaban J connectivity index is 1.57. The molecule has 4 rings (SSSR count). The van der Waals surface area contributed by atoms with Crippen molar-refractivity contribution in [2.24, 2.45) is 17.2 Å². The van der Waals surface area contributed by atoms with E-state index in [1.807, 2.05) is 5.32 Å². The van der Waals surface area contributed by atoms with Crippen LogP contribution in [0.15, 0.2) is 79.0 Å². The summed E-state index contributed by atoms with van der Waals surface area (Å²) in [6.45, 7) is 0.372. The minimum atomic E-state index is -2.16.